The summed E-state index contributed by atoms with van der Waals surface area (Å²) in [4.78, 5) is 13.9. The highest BCUT2D eigenvalue weighted by atomic mass is 16.4. The molecule has 1 saturated heterocycles. The maximum Gasteiger partial charge on any atom is 0.317 e. The van der Waals surface area contributed by atoms with Crippen LogP contribution >= 0.6 is 0 Å². The number of fused-ring (bicyclic) bond motifs is 4. The van der Waals surface area contributed by atoms with Crippen molar-refractivity contribution in [2.24, 2.45) is 11.8 Å². The van der Waals surface area contributed by atoms with Gasteiger partial charge in [0.2, 0.25) is 0 Å². The number of likely N-dealkylation sites (tertiary alicyclic amines) is 1. The fraction of sp³-hybridized carbons (Fsp3) is 0.667. The van der Waals surface area contributed by atoms with Gasteiger partial charge in [-0.3, -0.25) is 15.0 Å². The summed E-state index contributed by atoms with van der Waals surface area (Å²) in [7, 11) is 0. The average molecular weight is 342 g/mol. The van der Waals surface area contributed by atoms with Crippen molar-refractivity contribution >= 4 is 5.97 Å². The number of hydrogen-bond acceptors (Lipinski definition) is 3. The lowest BCUT2D eigenvalue weighted by molar-refractivity contribution is -0.136. The van der Waals surface area contributed by atoms with Crippen molar-refractivity contribution in [2.75, 3.05) is 19.6 Å². The molecule has 1 aromatic carbocycles. The Morgan fingerprint density at radius 2 is 2.16 bits per heavy atom. The van der Waals surface area contributed by atoms with Gasteiger partial charge in [-0.2, -0.15) is 0 Å². The Labute approximate surface area is 150 Å². The number of carbonyl (C=O) groups is 1. The second-order valence-corrected chi connectivity index (χ2v) is 8.73. The predicted molar refractivity (Wildman–Crippen MR) is 98.8 cm³/mol. The van der Waals surface area contributed by atoms with Crippen molar-refractivity contribution in [3.63, 3.8) is 0 Å². The minimum absolute atomic E-state index is 0.0230. The first-order chi connectivity index (χ1) is 11.9. The zero-order chi connectivity index (χ0) is 17.8. The lowest BCUT2D eigenvalue weighted by Gasteiger charge is -2.57. The Balaban J connectivity index is 1.76. The molecule has 4 nitrogen and oxygen atoms in total. The smallest absolute Gasteiger partial charge is 0.317 e. The molecule has 1 saturated carbocycles. The molecule has 1 unspecified atom stereocenters. The number of aryl methyl sites for hydroxylation is 1. The molecule has 4 heteroatoms. The summed E-state index contributed by atoms with van der Waals surface area (Å²) < 4.78 is 0. The number of carboxylic acids is 1. The Kier molecular flexibility index (Phi) is 4.16. The van der Waals surface area contributed by atoms with Crippen LogP contribution in [-0.4, -0.2) is 41.7 Å². The normalized spacial score (nSPS) is 34.6. The molecule has 4 atom stereocenters. The van der Waals surface area contributed by atoms with Gasteiger partial charge in [-0.05, 0) is 61.1 Å². The quantitative estimate of drug-likeness (QED) is 0.863. The van der Waals surface area contributed by atoms with Crippen LogP contribution in [-0.2, 0) is 10.2 Å². The van der Waals surface area contributed by atoms with Crippen LogP contribution < -0.4 is 5.32 Å². The maximum atomic E-state index is 11.2. The van der Waals surface area contributed by atoms with E-state index in [9.17, 15) is 9.90 Å². The van der Waals surface area contributed by atoms with Gasteiger partial charge >= 0.3 is 5.97 Å². The van der Waals surface area contributed by atoms with Crippen LogP contribution in [0, 0.1) is 18.8 Å². The molecular weight excluding hydrogens is 312 g/mol. The largest absolute Gasteiger partial charge is 0.480 e. The van der Waals surface area contributed by atoms with E-state index in [0.717, 1.165) is 12.5 Å². The van der Waals surface area contributed by atoms with Crippen LogP contribution in [0.25, 0.3) is 0 Å². The van der Waals surface area contributed by atoms with Gasteiger partial charge in [0.05, 0.1) is 6.54 Å². The maximum absolute atomic E-state index is 11.2. The van der Waals surface area contributed by atoms with E-state index in [2.05, 4.69) is 49.2 Å². The summed E-state index contributed by atoms with van der Waals surface area (Å²) in [6, 6.07) is 7.24. The standard InChI is InChI=1S/C21H30N2O2/c1-13-4-7-16-17(10-13)21(3)8-9-23(12-15-5-6-15)20(14(21)2)19(16)22-11-18(24)25/h4,7,10,14-15,19-20,22H,5-6,8-9,11-12H2,1-3H3,(H,24,25)/t14-,19?,20-,21-/m0/s1. The van der Waals surface area contributed by atoms with E-state index >= 15 is 0 Å². The second-order valence-electron chi connectivity index (χ2n) is 8.73. The number of nitrogens with one attached hydrogen (secondary N) is 1. The highest BCUT2D eigenvalue weighted by molar-refractivity contribution is 5.69. The third-order valence-corrected chi connectivity index (χ3v) is 7.02. The lowest BCUT2D eigenvalue weighted by Crippen LogP contribution is -2.62. The summed E-state index contributed by atoms with van der Waals surface area (Å²) in [5.41, 5.74) is 4.24. The highest BCUT2D eigenvalue weighted by Gasteiger charge is 2.52. The molecule has 2 bridgehead atoms. The molecule has 136 valence electrons. The van der Waals surface area contributed by atoms with Gasteiger partial charge in [0.1, 0.15) is 0 Å². The molecule has 2 aliphatic carbocycles. The molecule has 4 rings (SSSR count). The molecule has 1 heterocycles. The first-order valence-corrected chi connectivity index (χ1v) is 9.70. The Hall–Kier alpha value is -1.39. The van der Waals surface area contributed by atoms with Gasteiger partial charge in [-0.1, -0.05) is 37.6 Å². The Bertz CT molecular complexity index is 684. The van der Waals surface area contributed by atoms with E-state index in [1.807, 2.05) is 0 Å². The molecule has 0 spiro atoms. The van der Waals surface area contributed by atoms with Gasteiger partial charge in [0, 0.05) is 18.6 Å². The molecule has 2 fully saturated rings. The lowest BCUT2D eigenvalue weighted by atomic mass is 9.57. The number of piperidine rings is 1. The van der Waals surface area contributed by atoms with Gasteiger partial charge in [-0.25, -0.2) is 0 Å². The summed E-state index contributed by atoms with van der Waals surface area (Å²) in [5, 5.41) is 12.6. The Morgan fingerprint density at radius 3 is 2.84 bits per heavy atom. The van der Waals surface area contributed by atoms with E-state index in [0.29, 0.717) is 12.0 Å². The molecule has 1 aliphatic heterocycles. The molecule has 0 amide bonds. The summed E-state index contributed by atoms with van der Waals surface area (Å²) in [6.45, 7) is 9.28. The van der Waals surface area contributed by atoms with E-state index in [4.69, 9.17) is 0 Å². The zero-order valence-electron chi connectivity index (χ0n) is 15.6. The molecule has 3 aliphatic rings. The van der Waals surface area contributed by atoms with Crippen LogP contribution in [0.3, 0.4) is 0 Å². The third-order valence-electron chi connectivity index (χ3n) is 7.02. The van der Waals surface area contributed by atoms with Crippen molar-refractivity contribution in [3.8, 4) is 0 Å². The van der Waals surface area contributed by atoms with Crippen LogP contribution in [0.2, 0.25) is 0 Å². The SMILES string of the molecule is Cc1ccc2c(c1)[C@@]1(C)CCN(CC3CC3)[C@H](C2NCC(=O)O)[C@@H]1C. The van der Waals surface area contributed by atoms with Crippen LogP contribution in [0.1, 0.15) is 55.8 Å². The van der Waals surface area contributed by atoms with E-state index in [1.165, 1.54) is 42.5 Å². The van der Waals surface area contributed by atoms with E-state index in [1.54, 1.807) is 0 Å². The third kappa shape index (κ3) is 2.89. The number of carboxylic acid groups (broad SMARTS) is 1. The number of hydrogen-bond donors (Lipinski definition) is 2. The van der Waals surface area contributed by atoms with Gasteiger partial charge in [-0.15, -0.1) is 0 Å². The molecule has 0 aromatic heterocycles. The molecular formula is C21H30N2O2. The van der Waals surface area contributed by atoms with Crippen LogP contribution in [0.4, 0.5) is 0 Å². The van der Waals surface area contributed by atoms with Crippen molar-refractivity contribution in [2.45, 2.75) is 57.5 Å². The van der Waals surface area contributed by atoms with Gasteiger partial charge in [0.15, 0.2) is 0 Å². The number of aliphatic carboxylic acids is 1. The van der Waals surface area contributed by atoms with E-state index in [-0.39, 0.29) is 18.0 Å². The van der Waals surface area contributed by atoms with Crippen molar-refractivity contribution in [1.29, 1.82) is 0 Å². The molecule has 2 N–H and O–H groups in total. The fourth-order valence-corrected chi connectivity index (χ4v) is 5.22. The van der Waals surface area contributed by atoms with Crippen molar-refractivity contribution in [3.05, 3.63) is 34.9 Å². The first-order valence-electron chi connectivity index (χ1n) is 9.70. The van der Waals surface area contributed by atoms with Crippen molar-refractivity contribution < 1.29 is 9.90 Å². The topological polar surface area (TPSA) is 52.6 Å². The predicted octanol–water partition coefficient (Wildman–Crippen LogP) is 3.10. The average Bonchev–Trinajstić information content (AvgIpc) is 3.37. The van der Waals surface area contributed by atoms with Crippen LogP contribution in [0.5, 0.6) is 0 Å². The molecule has 25 heavy (non-hydrogen) atoms. The Morgan fingerprint density at radius 1 is 1.40 bits per heavy atom. The number of rotatable bonds is 5. The fourth-order valence-electron chi connectivity index (χ4n) is 5.22. The highest BCUT2D eigenvalue weighted by Crippen LogP contribution is 2.53. The molecule has 0 radical (unpaired) electrons. The number of nitrogens with zero attached hydrogens (tertiary/aromatic N) is 1. The van der Waals surface area contributed by atoms with Crippen LogP contribution in [0.15, 0.2) is 18.2 Å². The minimum Gasteiger partial charge on any atom is -0.480 e. The van der Waals surface area contributed by atoms with Gasteiger partial charge in [0.25, 0.3) is 0 Å². The monoisotopic (exact) mass is 342 g/mol. The minimum atomic E-state index is -0.779. The molecule has 1 aromatic rings. The second kappa shape index (κ2) is 6.10. The first kappa shape index (κ1) is 17.0. The van der Waals surface area contributed by atoms with Gasteiger partial charge < -0.3 is 5.11 Å². The summed E-state index contributed by atoms with van der Waals surface area (Å²) >= 11 is 0. The zero-order valence-corrected chi connectivity index (χ0v) is 15.6. The summed E-state index contributed by atoms with van der Waals surface area (Å²) in [5.74, 6) is 0.593. The van der Waals surface area contributed by atoms with E-state index < -0.39 is 5.97 Å². The van der Waals surface area contributed by atoms with Crippen molar-refractivity contribution in [1.82, 2.24) is 10.2 Å². The summed E-state index contributed by atoms with van der Waals surface area (Å²) in [6.07, 6.45) is 3.91. The number of benzene rings is 1.